The van der Waals surface area contributed by atoms with Crippen molar-refractivity contribution in [2.75, 3.05) is 64.4 Å². The average Bonchev–Trinajstić information content (AvgIpc) is 2.95. The Morgan fingerprint density at radius 3 is 2.62 bits per heavy atom. The molecule has 1 amide bonds. The first-order chi connectivity index (χ1) is 11.7. The largest absolute Gasteiger partial charge is 0.383 e. The summed E-state index contributed by atoms with van der Waals surface area (Å²) in [6, 6.07) is 8.01. The molecule has 1 atom stereocenters. The third-order valence-electron chi connectivity index (χ3n) is 4.99. The SMILES string of the molecule is COCCN1CCN(CC2CCN(c3cccc(Br)c3)C2=O)CC1. The number of carbonyl (C=O) groups excluding carboxylic acids is 1. The summed E-state index contributed by atoms with van der Waals surface area (Å²) in [5, 5.41) is 0. The highest BCUT2D eigenvalue weighted by Crippen LogP contribution is 2.28. The zero-order valence-electron chi connectivity index (χ0n) is 14.3. The predicted molar refractivity (Wildman–Crippen MR) is 99.4 cm³/mol. The van der Waals surface area contributed by atoms with Gasteiger partial charge in [0.05, 0.1) is 12.5 Å². The second-order valence-electron chi connectivity index (χ2n) is 6.59. The highest BCUT2D eigenvalue weighted by atomic mass is 79.9. The van der Waals surface area contributed by atoms with Gasteiger partial charge in [-0.05, 0) is 24.6 Å². The van der Waals surface area contributed by atoms with Gasteiger partial charge in [-0.15, -0.1) is 0 Å². The molecule has 2 heterocycles. The van der Waals surface area contributed by atoms with Crippen molar-refractivity contribution in [3.05, 3.63) is 28.7 Å². The molecule has 0 radical (unpaired) electrons. The van der Waals surface area contributed by atoms with E-state index in [0.717, 1.165) is 69.0 Å². The lowest BCUT2D eigenvalue weighted by Gasteiger charge is -2.35. The van der Waals surface area contributed by atoms with Gasteiger partial charge in [0.2, 0.25) is 5.91 Å². The van der Waals surface area contributed by atoms with E-state index in [2.05, 4.69) is 25.7 Å². The van der Waals surface area contributed by atoms with Crippen LogP contribution in [-0.4, -0.2) is 75.2 Å². The lowest BCUT2D eigenvalue weighted by Crippen LogP contribution is -2.49. The number of amides is 1. The summed E-state index contributed by atoms with van der Waals surface area (Å²) in [6.07, 6.45) is 0.954. The Morgan fingerprint density at radius 1 is 1.17 bits per heavy atom. The van der Waals surface area contributed by atoms with Gasteiger partial charge in [-0.3, -0.25) is 9.69 Å². The van der Waals surface area contributed by atoms with Crippen molar-refractivity contribution >= 4 is 27.5 Å². The number of nitrogens with zero attached hydrogens (tertiary/aromatic N) is 3. The average molecular weight is 396 g/mol. The molecule has 6 heteroatoms. The van der Waals surface area contributed by atoms with Gasteiger partial charge >= 0.3 is 0 Å². The predicted octanol–water partition coefficient (Wildman–Crippen LogP) is 2.07. The minimum absolute atomic E-state index is 0.134. The fourth-order valence-electron chi connectivity index (χ4n) is 3.54. The molecule has 0 aromatic heterocycles. The normalized spacial score (nSPS) is 23.2. The molecule has 0 saturated carbocycles. The van der Waals surface area contributed by atoms with Crippen LogP contribution in [0.3, 0.4) is 0 Å². The van der Waals surface area contributed by atoms with E-state index in [4.69, 9.17) is 4.74 Å². The van der Waals surface area contributed by atoms with Gasteiger partial charge in [0.15, 0.2) is 0 Å². The van der Waals surface area contributed by atoms with E-state index in [0.29, 0.717) is 0 Å². The summed E-state index contributed by atoms with van der Waals surface area (Å²) in [7, 11) is 1.75. The Morgan fingerprint density at radius 2 is 1.92 bits per heavy atom. The minimum atomic E-state index is 0.134. The molecule has 2 aliphatic heterocycles. The van der Waals surface area contributed by atoms with Crippen molar-refractivity contribution < 1.29 is 9.53 Å². The molecule has 0 N–H and O–H groups in total. The maximum absolute atomic E-state index is 12.8. The lowest BCUT2D eigenvalue weighted by molar-refractivity contribution is -0.121. The quantitative estimate of drug-likeness (QED) is 0.738. The van der Waals surface area contributed by atoms with Crippen LogP contribution >= 0.6 is 15.9 Å². The molecule has 0 spiro atoms. The molecule has 132 valence electrons. The maximum Gasteiger partial charge on any atom is 0.231 e. The van der Waals surface area contributed by atoms with Crippen LogP contribution in [0.1, 0.15) is 6.42 Å². The van der Waals surface area contributed by atoms with Gasteiger partial charge < -0.3 is 14.5 Å². The summed E-state index contributed by atoms with van der Waals surface area (Å²) in [5.41, 5.74) is 1.00. The zero-order chi connectivity index (χ0) is 16.9. The summed E-state index contributed by atoms with van der Waals surface area (Å²) in [6.45, 7) is 7.75. The molecule has 3 rings (SSSR count). The number of benzene rings is 1. The van der Waals surface area contributed by atoms with Crippen LogP contribution in [-0.2, 0) is 9.53 Å². The number of halogens is 1. The second-order valence-corrected chi connectivity index (χ2v) is 7.51. The fraction of sp³-hybridized carbons (Fsp3) is 0.611. The minimum Gasteiger partial charge on any atom is -0.383 e. The van der Waals surface area contributed by atoms with Crippen LogP contribution in [0.2, 0.25) is 0 Å². The standard InChI is InChI=1S/C18H26BrN3O2/c1-24-12-11-20-7-9-21(10-8-20)14-15-5-6-22(18(15)23)17-4-2-3-16(19)13-17/h2-4,13,15H,5-12,14H2,1H3. The van der Waals surface area contributed by atoms with Crippen LogP contribution in [0.25, 0.3) is 0 Å². The van der Waals surface area contributed by atoms with E-state index in [1.165, 1.54) is 0 Å². The van der Waals surface area contributed by atoms with Crippen LogP contribution in [0, 0.1) is 5.92 Å². The number of rotatable bonds is 6. The number of ether oxygens (including phenoxy) is 1. The van der Waals surface area contributed by atoms with Crippen molar-refractivity contribution in [2.45, 2.75) is 6.42 Å². The van der Waals surface area contributed by atoms with E-state index in [-0.39, 0.29) is 11.8 Å². The maximum atomic E-state index is 12.8. The first kappa shape index (κ1) is 17.9. The van der Waals surface area contributed by atoms with Crippen molar-refractivity contribution in [1.82, 2.24) is 9.80 Å². The van der Waals surface area contributed by atoms with Gasteiger partial charge in [-0.2, -0.15) is 0 Å². The smallest absolute Gasteiger partial charge is 0.231 e. The summed E-state index contributed by atoms with van der Waals surface area (Å²) >= 11 is 3.49. The number of methoxy groups -OCH3 is 1. The molecule has 1 aromatic carbocycles. The molecular weight excluding hydrogens is 370 g/mol. The number of hydrogen-bond acceptors (Lipinski definition) is 4. The van der Waals surface area contributed by atoms with E-state index in [1.807, 2.05) is 29.2 Å². The van der Waals surface area contributed by atoms with Crippen LogP contribution in [0.4, 0.5) is 5.69 Å². The molecule has 1 aromatic rings. The summed E-state index contributed by atoms with van der Waals surface area (Å²) in [4.78, 5) is 19.6. The molecule has 1 unspecified atom stereocenters. The van der Waals surface area contributed by atoms with Gasteiger partial charge in [-0.25, -0.2) is 0 Å². The highest BCUT2D eigenvalue weighted by Gasteiger charge is 2.34. The van der Waals surface area contributed by atoms with Gasteiger partial charge in [0.25, 0.3) is 0 Å². The first-order valence-corrected chi connectivity index (χ1v) is 9.47. The van der Waals surface area contributed by atoms with E-state index in [1.54, 1.807) is 7.11 Å². The van der Waals surface area contributed by atoms with Crippen LogP contribution in [0.15, 0.2) is 28.7 Å². The second kappa shape index (κ2) is 8.43. The third kappa shape index (κ3) is 4.36. The van der Waals surface area contributed by atoms with Crippen molar-refractivity contribution in [1.29, 1.82) is 0 Å². The van der Waals surface area contributed by atoms with Crippen molar-refractivity contribution in [2.24, 2.45) is 5.92 Å². The monoisotopic (exact) mass is 395 g/mol. The Balaban J connectivity index is 1.50. The molecule has 24 heavy (non-hydrogen) atoms. The Labute approximate surface area is 152 Å². The molecule has 5 nitrogen and oxygen atoms in total. The van der Waals surface area contributed by atoms with E-state index < -0.39 is 0 Å². The topological polar surface area (TPSA) is 36.0 Å². The van der Waals surface area contributed by atoms with Gasteiger partial charge in [0.1, 0.15) is 0 Å². The molecule has 2 saturated heterocycles. The van der Waals surface area contributed by atoms with Crippen molar-refractivity contribution in [3.8, 4) is 0 Å². The molecular formula is C18H26BrN3O2. The number of piperazine rings is 1. The van der Waals surface area contributed by atoms with E-state index >= 15 is 0 Å². The Kier molecular flexibility index (Phi) is 6.27. The Hall–Kier alpha value is -0.950. The van der Waals surface area contributed by atoms with Gasteiger partial charge in [-0.1, -0.05) is 22.0 Å². The van der Waals surface area contributed by atoms with Crippen LogP contribution in [0.5, 0.6) is 0 Å². The van der Waals surface area contributed by atoms with Gasteiger partial charge in [0, 0.05) is 63.1 Å². The number of anilines is 1. The zero-order valence-corrected chi connectivity index (χ0v) is 15.9. The number of hydrogen-bond donors (Lipinski definition) is 0. The molecule has 2 fully saturated rings. The first-order valence-electron chi connectivity index (χ1n) is 8.68. The summed E-state index contributed by atoms with van der Waals surface area (Å²) < 4.78 is 6.16. The third-order valence-corrected chi connectivity index (χ3v) is 5.48. The Bertz CT molecular complexity index is 561. The highest BCUT2D eigenvalue weighted by molar-refractivity contribution is 9.10. The number of carbonyl (C=O) groups is 1. The fourth-order valence-corrected chi connectivity index (χ4v) is 3.92. The summed E-state index contributed by atoms with van der Waals surface area (Å²) in [5.74, 6) is 0.407. The molecule has 0 aliphatic carbocycles. The lowest BCUT2D eigenvalue weighted by atomic mass is 10.1. The molecule has 0 bridgehead atoms. The van der Waals surface area contributed by atoms with E-state index in [9.17, 15) is 4.79 Å². The van der Waals surface area contributed by atoms with Crippen LogP contribution < -0.4 is 4.90 Å². The van der Waals surface area contributed by atoms with Crippen molar-refractivity contribution in [3.63, 3.8) is 0 Å². The molecule has 2 aliphatic rings.